The van der Waals surface area contributed by atoms with Crippen molar-refractivity contribution >= 4 is 46.1 Å². The van der Waals surface area contributed by atoms with Crippen molar-refractivity contribution in [1.29, 1.82) is 0 Å². The van der Waals surface area contributed by atoms with Gasteiger partial charge in [-0.15, -0.1) is 0 Å². The van der Waals surface area contributed by atoms with E-state index in [2.05, 4.69) is 10.3 Å². The third-order valence-electron chi connectivity index (χ3n) is 6.19. The Bertz CT molecular complexity index is 1330. The summed E-state index contributed by atoms with van der Waals surface area (Å²) in [5, 5.41) is 11.9. The lowest BCUT2D eigenvalue weighted by atomic mass is 10.1. The number of amides is 3. The molecule has 1 aliphatic heterocycles. The van der Waals surface area contributed by atoms with Gasteiger partial charge in [0.05, 0.1) is 23.2 Å². The number of carbonyl (C=O) groups is 5. The van der Waals surface area contributed by atoms with E-state index in [4.69, 9.17) is 5.11 Å². The van der Waals surface area contributed by atoms with Crippen molar-refractivity contribution in [2.45, 2.75) is 25.8 Å². The molecule has 1 fully saturated rings. The molecule has 186 valence electrons. The van der Waals surface area contributed by atoms with Crippen LogP contribution in [0.2, 0.25) is 0 Å². The Hall–Kier alpha value is -4.47. The van der Waals surface area contributed by atoms with Crippen LogP contribution in [-0.2, 0) is 14.4 Å². The smallest absolute Gasteiger partial charge is 0.303 e. The molecule has 36 heavy (non-hydrogen) atoms. The van der Waals surface area contributed by atoms with Gasteiger partial charge in [0.2, 0.25) is 5.91 Å². The number of piperazine rings is 1. The van der Waals surface area contributed by atoms with Crippen molar-refractivity contribution in [2.75, 3.05) is 25.0 Å². The van der Waals surface area contributed by atoms with Crippen LogP contribution in [0.25, 0.3) is 10.9 Å². The molecular formula is C26H26N4O6. The number of para-hydroxylation sites is 1. The summed E-state index contributed by atoms with van der Waals surface area (Å²) in [4.78, 5) is 68.0. The molecule has 10 nitrogen and oxygen atoms in total. The average Bonchev–Trinajstić information content (AvgIpc) is 3.32. The second-order valence-electron chi connectivity index (χ2n) is 8.67. The van der Waals surface area contributed by atoms with Gasteiger partial charge in [0.25, 0.3) is 17.6 Å². The highest BCUT2D eigenvalue weighted by Crippen LogP contribution is 2.27. The highest BCUT2D eigenvalue weighted by molar-refractivity contribution is 6.45. The van der Waals surface area contributed by atoms with Crippen molar-refractivity contribution in [3.63, 3.8) is 0 Å². The zero-order valence-corrected chi connectivity index (χ0v) is 19.7. The minimum atomic E-state index is -1.07. The fourth-order valence-electron chi connectivity index (χ4n) is 4.33. The average molecular weight is 491 g/mol. The topological polar surface area (TPSA) is 140 Å². The number of aliphatic carboxylic acids is 1. The zero-order chi connectivity index (χ0) is 25.8. The lowest BCUT2D eigenvalue weighted by molar-refractivity contribution is -0.138. The molecule has 10 heteroatoms. The van der Waals surface area contributed by atoms with Gasteiger partial charge in [0.15, 0.2) is 0 Å². The number of nitrogens with one attached hydrogen (secondary N) is 2. The van der Waals surface area contributed by atoms with Crippen LogP contribution in [-0.4, -0.2) is 75.0 Å². The minimum absolute atomic E-state index is 0.115. The molecule has 3 aromatic rings. The summed E-state index contributed by atoms with van der Waals surface area (Å²) in [5.74, 6) is -3.01. The number of Topliss-reactive ketones (excluding diaryl/α,β-unsaturated/α-hetero) is 1. The number of aromatic amines is 1. The molecule has 1 unspecified atom stereocenters. The van der Waals surface area contributed by atoms with Crippen LogP contribution in [0.4, 0.5) is 5.69 Å². The van der Waals surface area contributed by atoms with Crippen LogP contribution in [0, 0.1) is 0 Å². The Labute approximate surface area is 206 Å². The van der Waals surface area contributed by atoms with Crippen molar-refractivity contribution < 1.29 is 29.1 Å². The maximum Gasteiger partial charge on any atom is 0.303 e. The molecular weight excluding hydrogens is 464 g/mol. The Morgan fingerprint density at radius 1 is 1.00 bits per heavy atom. The molecule has 3 N–H and O–H groups in total. The van der Waals surface area contributed by atoms with E-state index in [9.17, 15) is 24.0 Å². The number of fused-ring (bicyclic) bond motifs is 1. The number of hydrogen-bond acceptors (Lipinski definition) is 5. The molecule has 0 radical (unpaired) electrons. The molecule has 1 saturated heterocycles. The third kappa shape index (κ3) is 5.12. The normalized spacial score (nSPS) is 15.5. The second kappa shape index (κ2) is 10.4. The van der Waals surface area contributed by atoms with E-state index in [0.29, 0.717) is 35.2 Å². The van der Waals surface area contributed by atoms with Crippen LogP contribution >= 0.6 is 0 Å². The van der Waals surface area contributed by atoms with Crippen LogP contribution in [0.1, 0.15) is 40.5 Å². The molecule has 0 aliphatic carbocycles. The van der Waals surface area contributed by atoms with E-state index >= 15 is 0 Å². The van der Waals surface area contributed by atoms with Crippen molar-refractivity contribution in [2.24, 2.45) is 0 Å². The number of carboxylic acid groups (broad SMARTS) is 1. The molecule has 4 rings (SSSR count). The number of H-pyrrole nitrogens is 1. The Balaban J connectivity index is 1.46. The van der Waals surface area contributed by atoms with Gasteiger partial charge in [-0.1, -0.05) is 30.3 Å². The first-order chi connectivity index (χ1) is 17.3. The van der Waals surface area contributed by atoms with Crippen LogP contribution in [0.15, 0.2) is 54.7 Å². The molecule has 2 aromatic carbocycles. The molecule has 1 aromatic heterocycles. The van der Waals surface area contributed by atoms with E-state index in [1.807, 2.05) is 6.07 Å². The Morgan fingerprint density at radius 3 is 2.44 bits per heavy atom. The van der Waals surface area contributed by atoms with Crippen molar-refractivity contribution in [3.05, 3.63) is 65.9 Å². The maximum absolute atomic E-state index is 13.2. The van der Waals surface area contributed by atoms with Gasteiger partial charge in [0, 0.05) is 49.2 Å². The molecule has 3 amide bonds. The van der Waals surface area contributed by atoms with Gasteiger partial charge in [-0.05, 0) is 25.1 Å². The standard InChI is InChI=1S/C26H26N4O6/c1-16-15-29(25(35)17-6-3-2-4-7-17)12-13-30(16)26(36)24(34)19-14-27-23-18(19)8-5-9-20(23)28-21(31)10-11-22(32)33/h2-9,14,16,27H,10-13,15H2,1H3,(H,28,31)(H,32,33). The number of nitrogens with zero attached hydrogens (tertiary/aromatic N) is 2. The van der Waals surface area contributed by atoms with Crippen molar-refractivity contribution in [1.82, 2.24) is 14.8 Å². The summed E-state index contributed by atoms with van der Waals surface area (Å²) in [6.07, 6.45) is 0.943. The molecule has 0 spiro atoms. The summed E-state index contributed by atoms with van der Waals surface area (Å²) < 4.78 is 0. The lowest BCUT2D eigenvalue weighted by Gasteiger charge is -2.39. The van der Waals surface area contributed by atoms with Gasteiger partial charge in [-0.3, -0.25) is 24.0 Å². The maximum atomic E-state index is 13.2. The summed E-state index contributed by atoms with van der Waals surface area (Å²) >= 11 is 0. The summed E-state index contributed by atoms with van der Waals surface area (Å²) in [7, 11) is 0. The van der Waals surface area contributed by atoms with E-state index in [0.717, 1.165) is 0 Å². The highest BCUT2D eigenvalue weighted by Gasteiger charge is 2.34. The molecule has 0 bridgehead atoms. The Kier molecular flexibility index (Phi) is 7.14. The number of rotatable bonds is 7. The largest absolute Gasteiger partial charge is 0.481 e. The predicted octanol–water partition coefficient (Wildman–Crippen LogP) is 2.53. The van der Waals surface area contributed by atoms with Crippen LogP contribution in [0.3, 0.4) is 0 Å². The number of ketones is 1. The number of aromatic nitrogens is 1. The quantitative estimate of drug-likeness (QED) is 0.343. The van der Waals surface area contributed by atoms with E-state index in [1.54, 1.807) is 54.3 Å². The fraction of sp³-hybridized carbons (Fsp3) is 0.269. The first-order valence-corrected chi connectivity index (χ1v) is 11.6. The SMILES string of the molecule is CC1CN(C(=O)c2ccccc2)CCN1C(=O)C(=O)c1c[nH]c2c(NC(=O)CCC(=O)O)cccc12. The highest BCUT2D eigenvalue weighted by atomic mass is 16.4. The van der Waals surface area contributed by atoms with Crippen LogP contribution < -0.4 is 5.32 Å². The predicted molar refractivity (Wildman–Crippen MR) is 132 cm³/mol. The second-order valence-corrected chi connectivity index (χ2v) is 8.67. The van der Waals surface area contributed by atoms with Crippen LogP contribution in [0.5, 0.6) is 0 Å². The van der Waals surface area contributed by atoms with Gasteiger partial charge >= 0.3 is 5.97 Å². The number of anilines is 1. The zero-order valence-electron chi connectivity index (χ0n) is 19.7. The molecule has 1 atom stereocenters. The van der Waals surface area contributed by atoms with Gasteiger partial charge in [0.1, 0.15) is 0 Å². The number of hydrogen-bond donors (Lipinski definition) is 3. The van der Waals surface area contributed by atoms with E-state index < -0.39 is 23.6 Å². The summed E-state index contributed by atoms with van der Waals surface area (Å²) in [6.45, 7) is 2.66. The Morgan fingerprint density at radius 2 is 1.75 bits per heavy atom. The summed E-state index contributed by atoms with van der Waals surface area (Å²) in [5.41, 5.74) is 1.59. The van der Waals surface area contributed by atoms with Gasteiger partial charge < -0.3 is 25.2 Å². The van der Waals surface area contributed by atoms with Gasteiger partial charge in [-0.25, -0.2) is 0 Å². The van der Waals surface area contributed by atoms with Gasteiger partial charge in [-0.2, -0.15) is 0 Å². The first kappa shape index (κ1) is 24.6. The molecule has 1 aliphatic rings. The number of benzene rings is 2. The third-order valence-corrected chi connectivity index (χ3v) is 6.19. The number of carboxylic acids is 1. The monoisotopic (exact) mass is 490 g/mol. The molecule has 2 heterocycles. The lowest BCUT2D eigenvalue weighted by Crippen LogP contribution is -2.56. The molecule has 0 saturated carbocycles. The number of carbonyl (C=O) groups excluding carboxylic acids is 4. The summed E-state index contributed by atoms with van der Waals surface area (Å²) in [6, 6.07) is 13.5. The van der Waals surface area contributed by atoms with Crippen molar-refractivity contribution in [3.8, 4) is 0 Å². The minimum Gasteiger partial charge on any atom is -0.481 e. The first-order valence-electron chi connectivity index (χ1n) is 11.6. The fourth-order valence-corrected chi connectivity index (χ4v) is 4.33. The van der Waals surface area contributed by atoms with E-state index in [1.165, 1.54) is 11.1 Å². The van der Waals surface area contributed by atoms with E-state index in [-0.39, 0.29) is 36.9 Å².